The summed E-state index contributed by atoms with van der Waals surface area (Å²) < 4.78 is 0. The first-order valence-corrected chi connectivity index (χ1v) is 10.2. The van der Waals surface area contributed by atoms with Crippen molar-refractivity contribution >= 4 is 23.4 Å². The number of hydrogen-bond acceptors (Lipinski definition) is 2. The number of likely N-dealkylation sites (tertiary alicyclic amines) is 1. The van der Waals surface area contributed by atoms with Crippen LogP contribution < -0.4 is 5.32 Å². The van der Waals surface area contributed by atoms with Crippen molar-refractivity contribution in [2.45, 2.75) is 56.4 Å². The summed E-state index contributed by atoms with van der Waals surface area (Å²) in [4.78, 5) is 26.5. The van der Waals surface area contributed by atoms with Gasteiger partial charge < -0.3 is 10.2 Å². The molecule has 1 spiro atoms. The summed E-state index contributed by atoms with van der Waals surface area (Å²) >= 11 is 6.34. The molecule has 0 bridgehead atoms. The predicted octanol–water partition coefficient (Wildman–Crippen LogP) is 3.20. The molecule has 4 nitrogen and oxygen atoms in total. The van der Waals surface area contributed by atoms with E-state index in [1.165, 1.54) is 12.0 Å². The number of rotatable bonds is 2. The Morgan fingerprint density at radius 1 is 1.27 bits per heavy atom. The molecule has 2 atom stereocenters. The molecule has 26 heavy (non-hydrogen) atoms. The molecule has 2 unspecified atom stereocenters. The SMILES string of the molecule is Cc1ccc(C23CCN(C(=O)C4CC5(CCC(=O)N5)C4)CC2C3)cc1Cl. The van der Waals surface area contributed by atoms with E-state index in [2.05, 4.69) is 28.4 Å². The Bertz CT molecular complexity index is 801. The molecule has 2 saturated heterocycles. The summed E-state index contributed by atoms with van der Waals surface area (Å²) in [6.07, 6.45) is 5.39. The number of carbonyl (C=O) groups excluding carboxylic acids is 2. The van der Waals surface area contributed by atoms with E-state index in [0.29, 0.717) is 18.2 Å². The molecule has 2 heterocycles. The molecule has 2 saturated carbocycles. The largest absolute Gasteiger partial charge is 0.351 e. The monoisotopic (exact) mass is 372 g/mol. The van der Waals surface area contributed by atoms with E-state index in [4.69, 9.17) is 11.6 Å². The summed E-state index contributed by atoms with van der Waals surface area (Å²) in [5.74, 6) is 1.13. The molecule has 4 fully saturated rings. The van der Waals surface area contributed by atoms with Crippen molar-refractivity contribution in [3.05, 3.63) is 34.3 Å². The third-order valence-electron chi connectivity index (χ3n) is 7.42. The quantitative estimate of drug-likeness (QED) is 0.866. The van der Waals surface area contributed by atoms with Crippen LogP contribution in [0.1, 0.15) is 49.7 Å². The van der Waals surface area contributed by atoms with Gasteiger partial charge in [0.1, 0.15) is 0 Å². The molecule has 138 valence electrons. The van der Waals surface area contributed by atoms with E-state index >= 15 is 0 Å². The Hall–Kier alpha value is -1.55. The molecule has 2 amide bonds. The summed E-state index contributed by atoms with van der Waals surface area (Å²) in [6.45, 7) is 3.75. The molecule has 0 aromatic heterocycles. The van der Waals surface area contributed by atoms with Gasteiger partial charge in [0.2, 0.25) is 11.8 Å². The number of halogens is 1. The molecule has 1 N–H and O–H groups in total. The number of aryl methyl sites for hydroxylation is 1. The van der Waals surface area contributed by atoms with Gasteiger partial charge in [-0.15, -0.1) is 0 Å². The van der Waals surface area contributed by atoms with Crippen molar-refractivity contribution in [3.8, 4) is 0 Å². The van der Waals surface area contributed by atoms with Crippen LogP contribution in [0.4, 0.5) is 0 Å². The lowest BCUT2D eigenvalue weighted by molar-refractivity contribution is -0.143. The Kier molecular flexibility index (Phi) is 3.50. The van der Waals surface area contributed by atoms with Crippen LogP contribution in [0.2, 0.25) is 5.02 Å². The summed E-state index contributed by atoms with van der Waals surface area (Å²) in [5.41, 5.74) is 2.65. The molecule has 5 rings (SSSR count). The van der Waals surface area contributed by atoms with Gasteiger partial charge in [-0.2, -0.15) is 0 Å². The smallest absolute Gasteiger partial charge is 0.225 e. The molecule has 1 aromatic rings. The number of nitrogens with one attached hydrogen (secondary N) is 1. The highest BCUT2D eigenvalue weighted by atomic mass is 35.5. The van der Waals surface area contributed by atoms with Gasteiger partial charge in [0, 0.05) is 41.4 Å². The van der Waals surface area contributed by atoms with Gasteiger partial charge in [-0.25, -0.2) is 0 Å². The number of fused-ring (bicyclic) bond motifs is 1. The van der Waals surface area contributed by atoms with E-state index in [9.17, 15) is 9.59 Å². The molecule has 5 heteroatoms. The average molecular weight is 373 g/mol. The number of piperidine rings is 1. The molecule has 2 aliphatic heterocycles. The maximum absolute atomic E-state index is 12.9. The minimum atomic E-state index is -0.0603. The van der Waals surface area contributed by atoms with Crippen molar-refractivity contribution in [3.63, 3.8) is 0 Å². The highest BCUT2D eigenvalue weighted by molar-refractivity contribution is 6.31. The lowest BCUT2D eigenvalue weighted by Crippen LogP contribution is -2.57. The molecule has 1 aromatic carbocycles. The van der Waals surface area contributed by atoms with Crippen LogP contribution in [0.5, 0.6) is 0 Å². The van der Waals surface area contributed by atoms with Gasteiger partial charge in [0.25, 0.3) is 0 Å². The maximum atomic E-state index is 12.9. The Balaban J connectivity index is 1.22. The highest BCUT2D eigenvalue weighted by Crippen LogP contribution is 2.60. The van der Waals surface area contributed by atoms with E-state index < -0.39 is 0 Å². The van der Waals surface area contributed by atoms with Crippen LogP contribution in [-0.4, -0.2) is 35.3 Å². The number of hydrogen-bond donors (Lipinski definition) is 1. The second-order valence-electron chi connectivity index (χ2n) is 8.99. The van der Waals surface area contributed by atoms with Gasteiger partial charge >= 0.3 is 0 Å². The first-order valence-electron chi connectivity index (χ1n) is 9.77. The summed E-state index contributed by atoms with van der Waals surface area (Å²) in [7, 11) is 0. The summed E-state index contributed by atoms with van der Waals surface area (Å²) in [6, 6.07) is 6.47. The lowest BCUT2D eigenvalue weighted by atomic mass is 9.67. The third-order valence-corrected chi connectivity index (χ3v) is 7.82. The van der Waals surface area contributed by atoms with Crippen LogP contribution in [0, 0.1) is 18.8 Å². The van der Waals surface area contributed by atoms with E-state index in [-0.39, 0.29) is 22.8 Å². The predicted molar refractivity (Wildman–Crippen MR) is 100 cm³/mol. The number of amides is 2. The van der Waals surface area contributed by atoms with Crippen LogP contribution in [0.25, 0.3) is 0 Å². The Labute approximate surface area is 159 Å². The first-order chi connectivity index (χ1) is 12.4. The highest BCUT2D eigenvalue weighted by Gasteiger charge is 2.59. The van der Waals surface area contributed by atoms with Crippen LogP contribution in [0.15, 0.2) is 18.2 Å². The van der Waals surface area contributed by atoms with Crippen LogP contribution >= 0.6 is 11.6 Å². The maximum Gasteiger partial charge on any atom is 0.225 e. The van der Waals surface area contributed by atoms with Crippen molar-refractivity contribution < 1.29 is 9.59 Å². The second kappa shape index (κ2) is 5.48. The minimum Gasteiger partial charge on any atom is -0.351 e. The van der Waals surface area contributed by atoms with E-state index in [1.54, 1.807) is 0 Å². The number of carbonyl (C=O) groups is 2. The van der Waals surface area contributed by atoms with Gasteiger partial charge in [0.05, 0.1) is 0 Å². The Morgan fingerprint density at radius 3 is 2.73 bits per heavy atom. The number of nitrogens with zero attached hydrogens (tertiary/aromatic N) is 1. The van der Waals surface area contributed by atoms with Gasteiger partial charge in [-0.1, -0.05) is 23.7 Å². The topological polar surface area (TPSA) is 49.4 Å². The van der Waals surface area contributed by atoms with Gasteiger partial charge in [0.15, 0.2) is 0 Å². The third kappa shape index (κ3) is 2.41. The second-order valence-corrected chi connectivity index (χ2v) is 9.40. The van der Waals surface area contributed by atoms with Gasteiger partial charge in [-0.05, 0) is 62.1 Å². The fourth-order valence-corrected chi connectivity index (χ4v) is 5.80. The average Bonchev–Trinajstić information content (AvgIpc) is 3.21. The van der Waals surface area contributed by atoms with Crippen LogP contribution in [0.3, 0.4) is 0 Å². The zero-order chi connectivity index (χ0) is 18.1. The first kappa shape index (κ1) is 16.6. The minimum absolute atomic E-state index is 0.0603. The number of benzene rings is 1. The van der Waals surface area contributed by atoms with E-state index in [1.807, 2.05) is 6.92 Å². The van der Waals surface area contributed by atoms with Crippen molar-refractivity contribution in [1.82, 2.24) is 10.2 Å². The lowest BCUT2D eigenvalue weighted by Gasteiger charge is -2.46. The van der Waals surface area contributed by atoms with E-state index in [0.717, 1.165) is 49.4 Å². The normalized spacial score (nSPS) is 37.9. The van der Waals surface area contributed by atoms with Crippen molar-refractivity contribution in [2.75, 3.05) is 13.1 Å². The molecular formula is C21H25ClN2O2. The van der Waals surface area contributed by atoms with Crippen LogP contribution in [-0.2, 0) is 15.0 Å². The zero-order valence-electron chi connectivity index (χ0n) is 15.2. The molecular weight excluding hydrogens is 348 g/mol. The van der Waals surface area contributed by atoms with Crippen molar-refractivity contribution in [2.24, 2.45) is 11.8 Å². The zero-order valence-corrected chi connectivity index (χ0v) is 15.9. The van der Waals surface area contributed by atoms with Gasteiger partial charge in [-0.3, -0.25) is 9.59 Å². The summed E-state index contributed by atoms with van der Waals surface area (Å²) in [5, 5.41) is 3.93. The molecule has 4 aliphatic rings. The Morgan fingerprint density at radius 2 is 2.08 bits per heavy atom. The fourth-order valence-electron chi connectivity index (χ4n) is 5.61. The molecule has 0 radical (unpaired) electrons. The van der Waals surface area contributed by atoms with Crippen molar-refractivity contribution in [1.29, 1.82) is 0 Å². The fraction of sp³-hybridized carbons (Fsp3) is 0.619. The standard InChI is InChI=1S/C21H25ClN2O2/c1-13-2-3-15(8-17(13)22)21-6-7-24(12-16(21)11-21)19(26)14-9-20(10-14)5-4-18(25)23-20/h2-3,8,14,16H,4-7,9-12H2,1H3,(H,23,25). The molecule has 2 aliphatic carbocycles.